The topological polar surface area (TPSA) is 34.1 Å². The Kier molecular flexibility index (Phi) is 1.99. The summed E-state index contributed by atoms with van der Waals surface area (Å²) in [5, 5.41) is 0. The zero-order valence-electron chi connectivity index (χ0n) is 9.36. The molecule has 1 aliphatic rings. The summed E-state index contributed by atoms with van der Waals surface area (Å²) in [4.78, 5) is 23.9. The average Bonchev–Trinajstić information content (AvgIpc) is 2.36. The average molecular weight is 222 g/mol. The first-order valence-corrected chi connectivity index (χ1v) is 5.47. The first kappa shape index (κ1) is 9.97. The zero-order valence-corrected chi connectivity index (χ0v) is 9.36. The minimum Gasteiger partial charge on any atom is -0.285 e. The van der Waals surface area contributed by atoms with E-state index in [1.54, 1.807) is 18.2 Å². The maximum Gasteiger partial charge on any atom is 0.234 e. The molecule has 0 unspecified atom stereocenters. The number of fused-ring (bicyclic) bond motifs is 3. The fourth-order valence-electron chi connectivity index (χ4n) is 2.24. The van der Waals surface area contributed by atoms with Crippen molar-refractivity contribution in [2.45, 2.75) is 6.92 Å². The van der Waals surface area contributed by atoms with Crippen molar-refractivity contribution in [2.24, 2.45) is 0 Å². The SMILES string of the molecule is Cc1ccc2c(c1)-c1ccccc1C(=O)C2=O. The largest absolute Gasteiger partial charge is 0.285 e. The lowest BCUT2D eigenvalue weighted by Gasteiger charge is -2.17. The standard InChI is InChI=1S/C15H10O2/c1-9-6-7-12-13(8-9)10-4-2-3-5-11(10)14(16)15(12)17/h2-8H,1H3. The van der Waals surface area contributed by atoms with Crippen LogP contribution in [0.4, 0.5) is 0 Å². The summed E-state index contributed by atoms with van der Waals surface area (Å²) in [5.74, 6) is -0.810. The van der Waals surface area contributed by atoms with Gasteiger partial charge in [-0.1, -0.05) is 48.0 Å². The van der Waals surface area contributed by atoms with Crippen molar-refractivity contribution in [1.29, 1.82) is 0 Å². The summed E-state index contributed by atoms with van der Waals surface area (Å²) < 4.78 is 0. The first-order valence-electron chi connectivity index (χ1n) is 5.47. The summed E-state index contributed by atoms with van der Waals surface area (Å²) >= 11 is 0. The summed E-state index contributed by atoms with van der Waals surface area (Å²) in [7, 11) is 0. The van der Waals surface area contributed by atoms with E-state index in [9.17, 15) is 9.59 Å². The number of hydrogen-bond acceptors (Lipinski definition) is 2. The van der Waals surface area contributed by atoms with Crippen LogP contribution in [0.1, 0.15) is 26.3 Å². The van der Waals surface area contributed by atoms with Crippen LogP contribution in [0.15, 0.2) is 42.5 Å². The molecule has 0 saturated heterocycles. The van der Waals surface area contributed by atoms with Gasteiger partial charge in [0.25, 0.3) is 0 Å². The predicted octanol–water partition coefficient (Wildman–Crippen LogP) is 3.04. The molecule has 0 bridgehead atoms. The van der Waals surface area contributed by atoms with Crippen LogP contribution in [0.3, 0.4) is 0 Å². The molecule has 3 rings (SSSR count). The molecule has 0 amide bonds. The molecule has 0 heterocycles. The summed E-state index contributed by atoms with van der Waals surface area (Å²) in [6, 6.07) is 12.8. The molecule has 0 saturated carbocycles. The molecule has 0 spiro atoms. The molecule has 2 nitrogen and oxygen atoms in total. The second-order valence-electron chi connectivity index (χ2n) is 4.25. The Labute approximate surface area is 98.9 Å². The van der Waals surface area contributed by atoms with Crippen molar-refractivity contribution >= 4 is 11.6 Å². The van der Waals surface area contributed by atoms with Crippen LogP contribution in [-0.2, 0) is 0 Å². The first-order chi connectivity index (χ1) is 8.18. The number of carbonyl (C=O) groups excluding carboxylic acids is 2. The molecular formula is C15H10O2. The van der Waals surface area contributed by atoms with E-state index in [4.69, 9.17) is 0 Å². The van der Waals surface area contributed by atoms with Crippen LogP contribution in [0, 0.1) is 6.92 Å². The number of aryl methyl sites for hydroxylation is 1. The molecule has 0 N–H and O–H groups in total. The van der Waals surface area contributed by atoms with Gasteiger partial charge in [0.05, 0.1) is 0 Å². The van der Waals surface area contributed by atoms with Gasteiger partial charge in [-0.05, 0) is 18.1 Å². The van der Waals surface area contributed by atoms with Crippen molar-refractivity contribution < 1.29 is 9.59 Å². The van der Waals surface area contributed by atoms with Gasteiger partial charge in [0, 0.05) is 11.1 Å². The van der Waals surface area contributed by atoms with Gasteiger partial charge in [0.15, 0.2) is 0 Å². The number of carbonyl (C=O) groups is 2. The Morgan fingerprint density at radius 3 is 2.00 bits per heavy atom. The van der Waals surface area contributed by atoms with Gasteiger partial charge >= 0.3 is 0 Å². The summed E-state index contributed by atoms with van der Waals surface area (Å²) in [6.45, 7) is 1.98. The third kappa shape index (κ3) is 1.34. The number of hydrogen-bond donors (Lipinski definition) is 0. The lowest BCUT2D eigenvalue weighted by molar-refractivity contribution is 0.0815. The van der Waals surface area contributed by atoms with Gasteiger partial charge in [-0.2, -0.15) is 0 Å². The smallest absolute Gasteiger partial charge is 0.234 e. The number of Topliss-reactive ketones (excluding diaryl/α,β-unsaturated/α-hetero) is 2. The van der Waals surface area contributed by atoms with E-state index in [1.807, 2.05) is 31.2 Å². The van der Waals surface area contributed by atoms with Crippen LogP contribution < -0.4 is 0 Å². The van der Waals surface area contributed by atoms with E-state index in [0.29, 0.717) is 11.1 Å². The minimum atomic E-state index is -0.406. The second-order valence-corrected chi connectivity index (χ2v) is 4.25. The number of benzene rings is 2. The van der Waals surface area contributed by atoms with E-state index in [1.165, 1.54) is 0 Å². The minimum absolute atomic E-state index is 0.404. The van der Waals surface area contributed by atoms with Gasteiger partial charge in [-0.25, -0.2) is 0 Å². The summed E-state index contributed by atoms with van der Waals surface area (Å²) in [5.41, 5.74) is 3.83. The Hall–Kier alpha value is -2.22. The Morgan fingerprint density at radius 1 is 0.706 bits per heavy atom. The van der Waals surface area contributed by atoms with Gasteiger partial charge in [0.2, 0.25) is 11.6 Å². The highest BCUT2D eigenvalue weighted by Crippen LogP contribution is 2.33. The van der Waals surface area contributed by atoms with Crippen LogP contribution >= 0.6 is 0 Å². The zero-order chi connectivity index (χ0) is 12.0. The van der Waals surface area contributed by atoms with Gasteiger partial charge in [-0.3, -0.25) is 9.59 Å². The Bertz CT molecular complexity index is 654. The van der Waals surface area contributed by atoms with Crippen molar-refractivity contribution in [3.8, 4) is 11.1 Å². The molecule has 0 radical (unpaired) electrons. The van der Waals surface area contributed by atoms with Crippen LogP contribution in [0.5, 0.6) is 0 Å². The second kappa shape index (κ2) is 3.39. The Balaban J connectivity index is 2.41. The number of rotatable bonds is 0. The van der Waals surface area contributed by atoms with Gasteiger partial charge < -0.3 is 0 Å². The van der Waals surface area contributed by atoms with Crippen molar-refractivity contribution in [3.05, 3.63) is 59.2 Å². The third-order valence-corrected chi connectivity index (χ3v) is 3.09. The molecule has 0 atom stereocenters. The highest BCUT2D eigenvalue weighted by atomic mass is 16.2. The quantitative estimate of drug-likeness (QED) is 0.642. The monoisotopic (exact) mass is 222 g/mol. The molecule has 1 aliphatic carbocycles. The molecule has 0 fully saturated rings. The molecule has 2 aromatic carbocycles. The molecule has 82 valence electrons. The maximum absolute atomic E-state index is 11.9. The lowest BCUT2D eigenvalue weighted by atomic mass is 9.83. The highest BCUT2D eigenvalue weighted by Gasteiger charge is 2.29. The van der Waals surface area contributed by atoms with Gasteiger partial charge in [-0.15, -0.1) is 0 Å². The normalized spacial score (nSPS) is 13.2. The lowest BCUT2D eigenvalue weighted by Crippen LogP contribution is -2.21. The van der Waals surface area contributed by atoms with Crippen molar-refractivity contribution in [1.82, 2.24) is 0 Å². The van der Waals surface area contributed by atoms with E-state index in [-0.39, 0.29) is 0 Å². The molecule has 0 aliphatic heterocycles. The molecular weight excluding hydrogens is 212 g/mol. The fourth-order valence-corrected chi connectivity index (χ4v) is 2.24. The van der Waals surface area contributed by atoms with Crippen molar-refractivity contribution in [3.63, 3.8) is 0 Å². The van der Waals surface area contributed by atoms with E-state index < -0.39 is 11.6 Å². The number of ketones is 2. The molecule has 17 heavy (non-hydrogen) atoms. The Morgan fingerprint density at radius 2 is 1.29 bits per heavy atom. The van der Waals surface area contributed by atoms with E-state index in [0.717, 1.165) is 16.7 Å². The van der Waals surface area contributed by atoms with Crippen LogP contribution in [-0.4, -0.2) is 11.6 Å². The fraction of sp³-hybridized carbons (Fsp3) is 0.0667. The molecule has 2 heteroatoms. The summed E-state index contributed by atoms with van der Waals surface area (Å²) in [6.07, 6.45) is 0. The highest BCUT2D eigenvalue weighted by molar-refractivity contribution is 6.52. The predicted molar refractivity (Wildman–Crippen MR) is 65.3 cm³/mol. The maximum atomic E-state index is 11.9. The third-order valence-electron chi connectivity index (χ3n) is 3.09. The van der Waals surface area contributed by atoms with E-state index in [2.05, 4.69) is 0 Å². The van der Waals surface area contributed by atoms with Crippen LogP contribution in [0.2, 0.25) is 0 Å². The van der Waals surface area contributed by atoms with Gasteiger partial charge in [0.1, 0.15) is 0 Å². The van der Waals surface area contributed by atoms with E-state index >= 15 is 0 Å². The van der Waals surface area contributed by atoms with Crippen LogP contribution in [0.25, 0.3) is 11.1 Å². The van der Waals surface area contributed by atoms with Crippen molar-refractivity contribution in [2.75, 3.05) is 0 Å². The molecule has 2 aromatic rings. The molecule has 0 aromatic heterocycles.